The van der Waals surface area contributed by atoms with Crippen molar-refractivity contribution in [2.75, 3.05) is 18.7 Å². The van der Waals surface area contributed by atoms with Gasteiger partial charge in [-0.25, -0.2) is 13.1 Å². The Hall–Kier alpha value is -2.38. The Balaban J connectivity index is 2.14. The van der Waals surface area contributed by atoms with Crippen LogP contribution in [0, 0.1) is 6.92 Å². The molecule has 0 aliphatic carbocycles. The van der Waals surface area contributed by atoms with Gasteiger partial charge in [-0.3, -0.25) is 4.79 Å². The van der Waals surface area contributed by atoms with Gasteiger partial charge < -0.3 is 10.1 Å². The fourth-order valence-electron chi connectivity index (χ4n) is 2.36. The fraction of sp³-hybridized carbons (Fsp3) is 0.278. The van der Waals surface area contributed by atoms with Crippen molar-refractivity contribution in [3.8, 4) is 5.75 Å². The number of nitrogens with one attached hydrogen (secondary N) is 2. The number of hydrogen-bond acceptors (Lipinski definition) is 4. The Morgan fingerprint density at radius 2 is 1.68 bits per heavy atom. The van der Waals surface area contributed by atoms with Crippen LogP contribution in [0.4, 0.5) is 5.69 Å². The molecule has 0 aliphatic rings. The van der Waals surface area contributed by atoms with Crippen molar-refractivity contribution in [3.63, 3.8) is 0 Å². The molecule has 0 unspecified atom stereocenters. The van der Waals surface area contributed by atoms with Gasteiger partial charge >= 0.3 is 0 Å². The quantitative estimate of drug-likeness (QED) is 0.793. The van der Waals surface area contributed by atoms with E-state index >= 15 is 0 Å². The summed E-state index contributed by atoms with van der Waals surface area (Å²) in [4.78, 5) is 12.3. The summed E-state index contributed by atoms with van der Waals surface area (Å²) in [7, 11) is -1.92. The first-order chi connectivity index (χ1) is 11.8. The Morgan fingerprint density at radius 3 is 2.20 bits per heavy atom. The van der Waals surface area contributed by atoms with E-state index in [-0.39, 0.29) is 12.3 Å². The zero-order valence-electron chi connectivity index (χ0n) is 14.4. The molecule has 6 nitrogen and oxygen atoms in total. The van der Waals surface area contributed by atoms with Gasteiger partial charge in [-0.15, -0.1) is 0 Å². The maximum absolute atomic E-state index is 12.3. The van der Waals surface area contributed by atoms with Crippen LogP contribution in [0.5, 0.6) is 5.75 Å². The molecule has 1 amide bonds. The predicted molar refractivity (Wildman–Crippen MR) is 98.1 cm³/mol. The molecular weight excluding hydrogens is 340 g/mol. The van der Waals surface area contributed by atoms with E-state index in [0.717, 1.165) is 11.8 Å². The normalized spacial score (nSPS) is 12.4. The molecule has 0 radical (unpaired) electrons. The molecule has 1 atom stereocenters. The first kappa shape index (κ1) is 19.0. The summed E-state index contributed by atoms with van der Waals surface area (Å²) in [6.07, 6.45) is 1.05. The average Bonchev–Trinajstić information content (AvgIpc) is 2.55. The van der Waals surface area contributed by atoms with E-state index in [0.29, 0.717) is 17.0 Å². The van der Waals surface area contributed by atoms with Gasteiger partial charge in [0.05, 0.1) is 19.4 Å². The number of amides is 1. The molecule has 0 saturated heterocycles. The van der Waals surface area contributed by atoms with Crippen molar-refractivity contribution in [2.24, 2.45) is 0 Å². The minimum atomic E-state index is -3.47. The highest BCUT2D eigenvalue weighted by Crippen LogP contribution is 2.22. The third-order valence-electron chi connectivity index (χ3n) is 3.60. The number of ether oxygens (including phenoxy) is 1. The SMILES string of the molecule is COc1ccc([C@H](CC(=O)Nc2ccc(C)cc2)NS(C)(=O)=O)cc1. The molecule has 0 heterocycles. The predicted octanol–water partition coefficient (Wildman–Crippen LogP) is 2.62. The van der Waals surface area contributed by atoms with E-state index in [9.17, 15) is 13.2 Å². The van der Waals surface area contributed by atoms with Gasteiger partial charge in [0.2, 0.25) is 15.9 Å². The average molecular weight is 362 g/mol. The lowest BCUT2D eigenvalue weighted by molar-refractivity contribution is -0.116. The van der Waals surface area contributed by atoms with Gasteiger partial charge in [-0.2, -0.15) is 0 Å². The lowest BCUT2D eigenvalue weighted by atomic mass is 10.0. The fourth-order valence-corrected chi connectivity index (χ4v) is 3.09. The number of anilines is 1. The molecular formula is C18H22N2O4S. The maximum Gasteiger partial charge on any atom is 0.226 e. The minimum Gasteiger partial charge on any atom is -0.497 e. The lowest BCUT2D eigenvalue weighted by Gasteiger charge is -2.18. The molecule has 2 rings (SSSR count). The Bertz CT molecular complexity index is 815. The highest BCUT2D eigenvalue weighted by molar-refractivity contribution is 7.88. The molecule has 0 saturated carbocycles. The summed E-state index contributed by atoms with van der Waals surface area (Å²) in [6.45, 7) is 1.96. The summed E-state index contributed by atoms with van der Waals surface area (Å²) in [5, 5.41) is 2.78. The summed E-state index contributed by atoms with van der Waals surface area (Å²) in [6, 6.07) is 13.7. The molecule has 2 aromatic carbocycles. The number of carbonyl (C=O) groups is 1. The molecule has 0 spiro atoms. The molecule has 0 bridgehead atoms. The van der Waals surface area contributed by atoms with E-state index in [1.807, 2.05) is 19.1 Å². The van der Waals surface area contributed by atoms with Crippen LogP contribution in [0.15, 0.2) is 48.5 Å². The van der Waals surface area contributed by atoms with E-state index in [2.05, 4.69) is 10.0 Å². The van der Waals surface area contributed by atoms with E-state index < -0.39 is 16.1 Å². The molecule has 7 heteroatoms. The van der Waals surface area contributed by atoms with Gasteiger partial charge in [-0.05, 0) is 36.8 Å². The van der Waals surface area contributed by atoms with Gasteiger partial charge in [0.15, 0.2) is 0 Å². The third-order valence-corrected chi connectivity index (χ3v) is 4.31. The largest absolute Gasteiger partial charge is 0.497 e. The molecule has 0 aromatic heterocycles. The number of methoxy groups -OCH3 is 1. The van der Waals surface area contributed by atoms with Crippen molar-refractivity contribution in [1.29, 1.82) is 0 Å². The number of rotatable bonds is 7. The van der Waals surface area contributed by atoms with Crippen molar-refractivity contribution in [3.05, 3.63) is 59.7 Å². The van der Waals surface area contributed by atoms with E-state index in [4.69, 9.17) is 4.74 Å². The Kier molecular flexibility index (Phi) is 6.17. The summed E-state index contributed by atoms with van der Waals surface area (Å²) >= 11 is 0. The van der Waals surface area contributed by atoms with Crippen molar-refractivity contribution >= 4 is 21.6 Å². The smallest absolute Gasteiger partial charge is 0.226 e. The molecule has 134 valence electrons. The van der Waals surface area contributed by atoms with Crippen molar-refractivity contribution in [2.45, 2.75) is 19.4 Å². The van der Waals surface area contributed by atoms with Crippen LogP contribution in [0.3, 0.4) is 0 Å². The number of aryl methyl sites for hydroxylation is 1. The van der Waals surface area contributed by atoms with Gasteiger partial charge in [0.25, 0.3) is 0 Å². The van der Waals surface area contributed by atoms with Gasteiger partial charge in [0.1, 0.15) is 5.75 Å². The van der Waals surface area contributed by atoms with E-state index in [1.54, 1.807) is 43.5 Å². The zero-order valence-corrected chi connectivity index (χ0v) is 15.3. The third kappa shape index (κ3) is 6.21. The number of carbonyl (C=O) groups excluding carboxylic acids is 1. The molecule has 0 fully saturated rings. The molecule has 0 aliphatic heterocycles. The first-order valence-electron chi connectivity index (χ1n) is 7.74. The second kappa shape index (κ2) is 8.13. The number of hydrogen-bond donors (Lipinski definition) is 2. The van der Waals surface area contributed by atoms with Gasteiger partial charge in [0, 0.05) is 12.1 Å². The van der Waals surface area contributed by atoms with Crippen molar-refractivity contribution in [1.82, 2.24) is 4.72 Å². The first-order valence-corrected chi connectivity index (χ1v) is 9.64. The second-order valence-corrected chi connectivity index (χ2v) is 7.61. The standard InChI is InChI=1S/C18H22N2O4S/c1-13-4-8-15(9-5-13)19-18(21)12-17(20-25(3,22)23)14-6-10-16(24-2)11-7-14/h4-11,17,20H,12H2,1-3H3,(H,19,21)/t17-/m0/s1. The van der Waals surface area contributed by atoms with Crippen LogP contribution in [0.2, 0.25) is 0 Å². The molecule has 2 aromatic rings. The monoisotopic (exact) mass is 362 g/mol. The number of sulfonamides is 1. The van der Waals surface area contributed by atoms with Gasteiger partial charge in [-0.1, -0.05) is 29.8 Å². The van der Waals surface area contributed by atoms with Crippen LogP contribution in [-0.2, 0) is 14.8 Å². The minimum absolute atomic E-state index is 0.0206. The van der Waals surface area contributed by atoms with E-state index in [1.165, 1.54) is 0 Å². The maximum atomic E-state index is 12.3. The van der Waals surface area contributed by atoms with Crippen LogP contribution < -0.4 is 14.8 Å². The topological polar surface area (TPSA) is 84.5 Å². The van der Waals surface area contributed by atoms with Crippen LogP contribution >= 0.6 is 0 Å². The van der Waals surface area contributed by atoms with Crippen LogP contribution in [0.1, 0.15) is 23.6 Å². The summed E-state index contributed by atoms with van der Waals surface area (Å²) < 4.78 is 30.9. The lowest BCUT2D eigenvalue weighted by Crippen LogP contribution is -2.30. The molecule has 2 N–H and O–H groups in total. The Labute approximate surface area is 148 Å². The second-order valence-electron chi connectivity index (χ2n) is 5.83. The van der Waals surface area contributed by atoms with Crippen LogP contribution in [0.25, 0.3) is 0 Å². The van der Waals surface area contributed by atoms with Crippen molar-refractivity contribution < 1.29 is 17.9 Å². The van der Waals surface area contributed by atoms with Crippen LogP contribution in [-0.4, -0.2) is 27.7 Å². The highest BCUT2D eigenvalue weighted by Gasteiger charge is 2.20. The zero-order chi connectivity index (χ0) is 18.4. The summed E-state index contributed by atoms with van der Waals surface area (Å²) in [5.41, 5.74) is 2.45. The number of benzene rings is 2. The highest BCUT2D eigenvalue weighted by atomic mass is 32.2. The molecule has 25 heavy (non-hydrogen) atoms. The Morgan fingerprint density at radius 1 is 1.08 bits per heavy atom. The summed E-state index contributed by atoms with van der Waals surface area (Å²) in [5.74, 6) is 0.381.